The molecule has 3 N–H and O–H groups in total. The average Bonchev–Trinajstić information content (AvgIpc) is 3.22. The van der Waals surface area contributed by atoms with Gasteiger partial charge in [-0.05, 0) is 31.8 Å². The largest absolute Gasteiger partial charge is 0.492 e. The Balaban J connectivity index is 1.73. The first-order valence-electron chi connectivity index (χ1n) is 10.8. The van der Waals surface area contributed by atoms with Crippen LogP contribution in [-0.2, 0) is 19.0 Å². The first-order chi connectivity index (χ1) is 14.5. The van der Waals surface area contributed by atoms with Crippen LogP contribution in [0.2, 0.25) is 0 Å². The van der Waals surface area contributed by atoms with Gasteiger partial charge in [0.1, 0.15) is 11.3 Å². The van der Waals surface area contributed by atoms with E-state index >= 15 is 0 Å². The third-order valence-corrected chi connectivity index (χ3v) is 6.89. The molecule has 4 rings (SSSR count). The highest BCUT2D eigenvalue weighted by molar-refractivity contribution is 5.94. The SMILES string of the molecule is CC[C@H](O)[C@@H]1CCC[C@H]2[C@@H]3C(=CCCN21)O/C(=C1/OC(=O)C(CO)=C1OC)[C@H]3CO. The van der Waals surface area contributed by atoms with E-state index in [1.165, 1.54) is 7.11 Å². The molecule has 2 saturated heterocycles. The second-order valence-electron chi connectivity index (χ2n) is 8.34. The molecule has 0 spiro atoms. The van der Waals surface area contributed by atoms with Gasteiger partial charge in [0.15, 0.2) is 11.5 Å². The maximum Gasteiger partial charge on any atom is 0.345 e. The Morgan fingerprint density at radius 1 is 1.30 bits per heavy atom. The summed E-state index contributed by atoms with van der Waals surface area (Å²) in [7, 11) is 1.41. The Morgan fingerprint density at radius 3 is 2.77 bits per heavy atom. The highest BCUT2D eigenvalue weighted by Crippen LogP contribution is 2.49. The lowest BCUT2D eigenvalue weighted by Crippen LogP contribution is -2.54. The topological polar surface area (TPSA) is 109 Å². The quantitative estimate of drug-likeness (QED) is 0.568. The molecule has 0 bridgehead atoms. The summed E-state index contributed by atoms with van der Waals surface area (Å²) < 4.78 is 16.9. The minimum absolute atomic E-state index is 0.0480. The van der Waals surface area contributed by atoms with Crippen LogP contribution in [0.4, 0.5) is 0 Å². The zero-order valence-electron chi connectivity index (χ0n) is 17.5. The molecule has 0 aromatic heterocycles. The fourth-order valence-corrected chi connectivity index (χ4v) is 5.50. The van der Waals surface area contributed by atoms with E-state index in [1.54, 1.807) is 0 Å². The van der Waals surface area contributed by atoms with Crippen molar-refractivity contribution in [2.45, 2.75) is 57.2 Å². The Kier molecular flexibility index (Phi) is 6.20. The molecule has 4 aliphatic heterocycles. The minimum atomic E-state index is -0.663. The smallest absolute Gasteiger partial charge is 0.345 e. The number of aliphatic hydroxyl groups excluding tert-OH is 3. The molecule has 0 amide bonds. The van der Waals surface area contributed by atoms with E-state index in [0.29, 0.717) is 12.2 Å². The number of fused-ring (bicyclic) bond motifs is 3. The number of hydrogen-bond donors (Lipinski definition) is 3. The van der Waals surface area contributed by atoms with Gasteiger partial charge in [-0.3, -0.25) is 4.90 Å². The van der Waals surface area contributed by atoms with Gasteiger partial charge in [-0.15, -0.1) is 0 Å². The number of rotatable bonds is 5. The van der Waals surface area contributed by atoms with Crippen LogP contribution in [-0.4, -0.2) is 71.2 Å². The number of methoxy groups -OCH3 is 1. The number of ether oxygens (including phenoxy) is 3. The van der Waals surface area contributed by atoms with Gasteiger partial charge in [0.2, 0.25) is 5.76 Å². The Labute approximate surface area is 176 Å². The van der Waals surface area contributed by atoms with Crippen molar-refractivity contribution in [1.29, 1.82) is 0 Å². The molecule has 0 aromatic rings. The van der Waals surface area contributed by atoms with Crippen molar-refractivity contribution in [2.24, 2.45) is 11.8 Å². The number of aliphatic hydroxyl groups is 3. The third kappa shape index (κ3) is 3.36. The lowest BCUT2D eigenvalue weighted by Gasteiger charge is -2.46. The van der Waals surface area contributed by atoms with Crippen LogP contribution in [0.25, 0.3) is 0 Å². The number of carbonyl (C=O) groups is 1. The Hall–Kier alpha value is -1.87. The average molecular weight is 421 g/mol. The maximum atomic E-state index is 12.2. The van der Waals surface area contributed by atoms with E-state index in [9.17, 15) is 20.1 Å². The van der Waals surface area contributed by atoms with Crippen molar-refractivity contribution in [3.05, 3.63) is 34.7 Å². The molecule has 2 fully saturated rings. The summed E-state index contributed by atoms with van der Waals surface area (Å²) in [5, 5.41) is 30.5. The van der Waals surface area contributed by atoms with Crippen molar-refractivity contribution >= 4 is 5.97 Å². The van der Waals surface area contributed by atoms with Gasteiger partial charge >= 0.3 is 5.97 Å². The van der Waals surface area contributed by atoms with Gasteiger partial charge in [0.05, 0.1) is 32.3 Å². The van der Waals surface area contributed by atoms with Crippen LogP contribution < -0.4 is 0 Å². The van der Waals surface area contributed by atoms with Crippen molar-refractivity contribution in [2.75, 3.05) is 26.9 Å². The predicted molar refractivity (Wildman–Crippen MR) is 107 cm³/mol. The number of nitrogens with zero attached hydrogens (tertiary/aromatic N) is 1. The molecule has 8 heteroatoms. The van der Waals surface area contributed by atoms with Crippen LogP contribution in [0.5, 0.6) is 0 Å². The number of esters is 1. The lowest BCUT2D eigenvalue weighted by atomic mass is 9.79. The fraction of sp³-hybridized carbons (Fsp3) is 0.682. The van der Waals surface area contributed by atoms with Gasteiger partial charge in [0, 0.05) is 24.5 Å². The highest BCUT2D eigenvalue weighted by Gasteiger charge is 2.51. The molecular weight excluding hydrogens is 390 g/mol. The summed E-state index contributed by atoms with van der Waals surface area (Å²) in [4.78, 5) is 14.5. The summed E-state index contributed by atoms with van der Waals surface area (Å²) in [5.41, 5.74) is 0.0480. The molecule has 0 unspecified atom stereocenters. The van der Waals surface area contributed by atoms with Crippen molar-refractivity contribution in [3.63, 3.8) is 0 Å². The van der Waals surface area contributed by atoms with Crippen molar-refractivity contribution in [1.82, 2.24) is 4.90 Å². The standard InChI is InChI=1S/C22H31NO7/c1-3-16(26)14-6-4-7-15-18-12(10-24)20(29-17(18)8-5-9-23(14)15)21-19(28-2)13(11-25)22(27)30-21/h8,12,14-16,18,24-26H,3-7,9-11H2,1-2H3/b21-20+/t12-,14-,15-,16-,18+/m0/s1. The summed E-state index contributed by atoms with van der Waals surface area (Å²) in [5.74, 6) is 0.303. The van der Waals surface area contributed by atoms with Crippen LogP contribution in [0, 0.1) is 11.8 Å². The summed E-state index contributed by atoms with van der Waals surface area (Å²) in [6, 6.07) is 0.218. The van der Waals surface area contributed by atoms with E-state index in [0.717, 1.165) is 38.0 Å². The normalized spacial score (nSPS) is 35.2. The molecule has 166 valence electrons. The van der Waals surface area contributed by atoms with Gasteiger partial charge in [-0.25, -0.2) is 4.79 Å². The first-order valence-corrected chi connectivity index (χ1v) is 10.8. The third-order valence-electron chi connectivity index (χ3n) is 6.89. The molecule has 4 aliphatic rings. The van der Waals surface area contributed by atoms with Crippen molar-refractivity contribution in [3.8, 4) is 0 Å². The van der Waals surface area contributed by atoms with Crippen molar-refractivity contribution < 1.29 is 34.3 Å². The zero-order valence-corrected chi connectivity index (χ0v) is 17.5. The van der Waals surface area contributed by atoms with E-state index in [1.807, 2.05) is 6.92 Å². The van der Waals surface area contributed by atoms with Gasteiger partial charge in [-0.2, -0.15) is 0 Å². The number of carbonyl (C=O) groups excluding carboxylic acids is 1. The number of piperidine rings is 1. The monoisotopic (exact) mass is 421 g/mol. The van der Waals surface area contributed by atoms with E-state index in [4.69, 9.17) is 14.2 Å². The summed E-state index contributed by atoms with van der Waals surface area (Å²) in [6.45, 7) is 2.17. The fourth-order valence-electron chi connectivity index (χ4n) is 5.50. The second-order valence-corrected chi connectivity index (χ2v) is 8.34. The van der Waals surface area contributed by atoms with Crippen LogP contribution in [0.15, 0.2) is 34.7 Å². The molecule has 8 nitrogen and oxygen atoms in total. The zero-order chi connectivity index (χ0) is 21.4. The maximum absolute atomic E-state index is 12.2. The van der Waals surface area contributed by atoms with E-state index < -0.39 is 18.5 Å². The Morgan fingerprint density at radius 2 is 2.10 bits per heavy atom. The molecular formula is C22H31NO7. The van der Waals surface area contributed by atoms with Gasteiger partial charge < -0.3 is 29.5 Å². The van der Waals surface area contributed by atoms with Gasteiger partial charge in [0.25, 0.3) is 0 Å². The molecule has 0 saturated carbocycles. The molecule has 30 heavy (non-hydrogen) atoms. The van der Waals surface area contributed by atoms with E-state index in [2.05, 4.69) is 11.0 Å². The van der Waals surface area contributed by atoms with Crippen LogP contribution in [0.3, 0.4) is 0 Å². The summed E-state index contributed by atoms with van der Waals surface area (Å²) in [6.07, 6.45) is 6.07. The van der Waals surface area contributed by atoms with E-state index in [-0.39, 0.29) is 47.8 Å². The summed E-state index contributed by atoms with van der Waals surface area (Å²) >= 11 is 0. The second kappa shape index (κ2) is 8.70. The van der Waals surface area contributed by atoms with Crippen LogP contribution in [0.1, 0.15) is 39.0 Å². The van der Waals surface area contributed by atoms with Gasteiger partial charge in [-0.1, -0.05) is 13.3 Å². The first kappa shape index (κ1) is 21.4. The molecule has 5 atom stereocenters. The number of hydrogen-bond acceptors (Lipinski definition) is 8. The lowest BCUT2D eigenvalue weighted by molar-refractivity contribution is -0.134. The molecule has 0 aliphatic carbocycles. The Bertz CT molecular complexity index is 786. The number of cyclic esters (lactones) is 1. The molecule has 4 heterocycles. The minimum Gasteiger partial charge on any atom is -0.492 e. The highest BCUT2D eigenvalue weighted by atomic mass is 16.6. The van der Waals surface area contributed by atoms with Crippen LogP contribution >= 0.6 is 0 Å². The predicted octanol–water partition coefficient (Wildman–Crippen LogP) is 1.18. The molecule has 0 radical (unpaired) electrons. The molecule has 0 aromatic carbocycles.